The van der Waals surface area contributed by atoms with Crippen LogP contribution >= 0.6 is 11.3 Å². The van der Waals surface area contributed by atoms with Gasteiger partial charge in [0.25, 0.3) is 0 Å². The fourth-order valence-electron chi connectivity index (χ4n) is 2.55. The lowest BCUT2D eigenvalue weighted by Crippen LogP contribution is -2.19. The third kappa shape index (κ3) is 3.18. The minimum Gasteiger partial charge on any atom is -0.295 e. The summed E-state index contributed by atoms with van der Waals surface area (Å²) >= 11 is 1.84. The molecule has 0 saturated carbocycles. The Morgan fingerprint density at radius 1 is 1.27 bits per heavy atom. The molecule has 0 saturated heterocycles. The van der Waals surface area contributed by atoms with Crippen molar-refractivity contribution in [2.45, 2.75) is 39.8 Å². The van der Waals surface area contributed by atoms with Crippen molar-refractivity contribution in [3.63, 3.8) is 0 Å². The van der Waals surface area contributed by atoms with E-state index in [-0.39, 0.29) is 0 Å². The van der Waals surface area contributed by atoms with E-state index in [2.05, 4.69) is 46.9 Å². The summed E-state index contributed by atoms with van der Waals surface area (Å²) in [4.78, 5) is 12.6. The lowest BCUT2D eigenvalue weighted by Gasteiger charge is -2.16. The summed E-state index contributed by atoms with van der Waals surface area (Å²) in [5, 5.41) is 5.55. The van der Waals surface area contributed by atoms with Gasteiger partial charge in [-0.15, -0.1) is 11.3 Å². The molecule has 0 fully saturated rings. The summed E-state index contributed by atoms with van der Waals surface area (Å²) in [6.07, 6.45) is 3.83. The molecule has 0 unspecified atom stereocenters. The van der Waals surface area contributed by atoms with E-state index >= 15 is 0 Å². The van der Waals surface area contributed by atoms with Crippen LogP contribution in [0.15, 0.2) is 24.5 Å². The zero-order valence-corrected chi connectivity index (χ0v) is 14.1. The molecule has 0 amide bonds. The van der Waals surface area contributed by atoms with Gasteiger partial charge in [0.1, 0.15) is 6.33 Å². The zero-order chi connectivity index (χ0) is 15.5. The molecule has 0 aliphatic carbocycles. The fraction of sp³-hybridized carbons (Fsp3) is 0.438. The van der Waals surface area contributed by atoms with Gasteiger partial charge in [-0.1, -0.05) is 13.0 Å². The molecule has 0 radical (unpaired) electrons. The second-order valence-corrected chi connectivity index (χ2v) is 6.75. The predicted molar refractivity (Wildman–Crippen MR) is 89.0 cm³/mol. The molecule has 3 aromatic rings. The Hall–Kier alpha value is -1.79. The Bertz CT molecular complexity index is 761. The number of nitrogens with zero attached hydrogens (tertiary/aromatic N) is 5. The summed E-state index contributed by atoms with van der Waals surface area (Å²) in [7, 11) is 2.13. The van der Waals surface area contributed by atoms with E-state index in [1.165, 1.54) is 15.6 Å². The van der Waals surface area contributed by atoms with Crippen LogP contribution in [0.4, 0.5) is 0 Å². The molecule has 0 aliphatic rings. The monoisotopic (exact) mass is 315 g/mol. The van der Waals surface area contributed by atoms with E-state index in [9.17, 15) is 0 Å². The van der Waals surface area contributed by atoms with Crippen LogP contribution in [0.2, 0.25) is 0 Å². The van der Waals surface area contributed by atoms with Crippen LogP contribution in [-0.4, -0.2) is 31.5 Å². The minimum atomic E-state index is 0.834. The third-order valence-electron chi connectivity index (χ3n) is 3.63. The lowest BCUT2D eigenvalue weighted by atomic mass is 10.3. The van der Waals surface area contributed by atoms with Gasteiger partial charge in [-0.05, 0) is 38.9 Å². The molecule has 3 rings (SSSR count). The Morgan fingerprint density at radius 2 is 2.14 bits per heavy atom. The van der Waals surface area contributed by atoms with Crippen molar-refractivity contribution in [3.8, 4) is 0 Å². The van der Waals surface area contributed by atoms with Crippen molar-refractivity contribution in [1.82, 2.24) is 24.5 Å². The van der Waals surface area contributed by atoms with Crippen molar-refractivity contribution in [3.05, 3.63) is 45.8 Å². The van der Waals surface area contributed by atoms with Crippen LogP contribution in [0.1, 0.15) is 34.6 Å². The molecule has 0 N–H and O–H groups in total. The predicted octanol–water partition coefficient (Wildman–Crippen LogP) is 3.08. The minimum absolute atomic E-state index is 0.834. The SMILES string of the molecule is CCCc1nc(C)c(CN(C)Cc2cccc3ncnn23)s1. The highest BCUT2D eigenvalue weighted by molar-refractivity contribution is 7.11. The van der Waals surface area contributed by atoms with Gasteiger partial charge in [-0.25, -0.2) is 14.5 Å². The molecule has 0 atom stereocenters. The lowest BCUT2D eigenvalue weighted by molar-refractivity contribution is 0.314. The normalized spacial score (nSPS) is 11.6. The molecule has 0 aromatic carbocycles. The quantitative estimate of drug-likeness (QED) is 0.701. The smallest absolute Gasteiger partial charge is 0.155 e. The van der Waals surface area contributed by atoms with Gasteiger partial charge in [-0.3, -0.25) is 4.90 Å². The topological polar surface area (TPSA) is 46.3 Å². The Kier molecular flexibility index (Phi) is 4.49. The molecule has 3 heterocycles. The summed E-state index contributed by atoms with van der Waals surface area (Å²) in [5.74, 6) is 0. The highest BCUT2D eigenvalue weighted by Crippen LogP contribution is 2.21. The zero-order valence-electron chi connectivity index (χ0n) is 13.3. The number of aromatic nitrogens is 4. The van der Waals surface area contributed by atoms with Crippen LogP contribution < -0.4 is 0 Å². The average molecular weight is 315 g/mol. The first-order chi connectivity index (χ1) is 10.7. The summed E-state index contributed by atoms with van der Waals surface area (Å²) in [5.41, 5.74) is 3.21. The number of fused-ring (bicyclic) bond motifs is 1. The van der Waals surface area contributed by atoms with Crippen LogP contribution in [0.5, 0.6) is 0 Å². The Morgan fingerprint density at radius 3 is 2.95 bits per heavy atom. The van der Waals surface area contributed by atoms with Gasteiger partial charge in [0.15, 0.2) is 5.65 Å². The molecule has 0 bridgehead atoms. The van der Waals surface area contributed by atoms with Crippen molar-refractivity contribution in [2.24, 2.45) is 0 Å². The molecule has 6 heteroatoms. The van der Waals surface area contributed by atoms with Crippen LogP contribution in [0, 0.1) is 6.92 Å². The van der Waals surface area contributed by atoms with E-state index in [0.717, 1.165) is 37.3 Å². The van der Waals surface area contributed by atoms with Gasteiger partial charge in [0.2, 0.25) is 0 Å². The molecule has 22 heavy (non-hydrogen) atoms. The maximum atomic E-state index is 4.67. The van der Waals surface area contributed by atoms with E-state index in [0.29, 0.717) is 0 Å². The third-order valence-corrected chi connectivity index (χ3v) is 4.83. The molecule has 0 spiro atoms. The van der Waals surface area contributed by atoms with Gasteiger partial charge in [0.05, 0.1) is 16.4 Å². The maximum absolute atomic E-state index is 4.67. The Balaban J connectivity index is 1.72. The molecule has 116 valence electrons. The summed E-state index contributed by atoms with van der Waals surface area (Å²) < 4.78 is 1.90. The van der Waals surface area contributed by atoms with E-state index in [1.807, 2.05) is 28.0 Å². The van der Waals surface area contributed by atoms with Crippen molar-refractivity contribution in [1.29, 1.82) is 0 Å². The van der Waals surface area contributed by atoms with Crippen molar-refractivity contribution < 1.29 is 0 Å². The molecule has 5 nitrogen and oxygen atoms in total. The number of thiazole rings is 1. The number of hydrogen-bond donors (Lipinski definition) is 0. The number of rotatable bonds is 6. The molecular weight excluding hydrogens is 294 g/mol. The van der Waals surface area contributed by atoms with Gasteiger partial charge in [-0.2, -0.15) is 5.10 Å². The highest BCUT2D eigenvalue weighted by Gasteiger charge is 2.11. The first-order valence-electron chi connectivity index (χ1n) is 7.58. The summed E-state index contributed by atoms with van der Waals surface area (Å²) in [6.45, 7) is 6.05. The molecule has 3 aromatic heterocycles. The largest absolute Gasteiger partial charge is 0.295 e. The fourth-order valence-corrected chi connectivity index (χ4v) is 3.81. The van der Waals surface area contributed by atoms with Crippen LogP contribution in [0.25, 0.3) is 5.65 Å². The highest BCUT2D eigenvalue weighted by atomic mass is 32.1. The van der Waals surface area contributed by atoms with E-state index in [1.54, 1.807) is 6.33 Å². The summed E-state index contributed by atoms with van der Waals surface area (Å²) in [6, 6.07) is 6.10. The van der Waals surface area contributed by atoms with Crippen LogP contribution in [0.3, 0.4) is 0 Å². The number of aryl methyl sites for hydroxylation is 2. The standard InChI is InChI=1S/C16H21N5S/c1-4-6-16-19-12(2)14(22-16)10-20(3)9-13-7-5-8-15-17-11-18-21(13)15/h5,7-8,11H,4,6,9-10H2,1-3H3. The first kappa shape index (κ1) is 15.1. The van der Waals surface area contributed by atoms with Crippen molar-refractivity contribution in [2.75, 3.05) is 7.05 Å². The second kappa shape index (κ2) is 6.54. The number of pyridine rings is 1. The van der Waals surface area contributed by atoms with Gasteiger partial charge < -0.3 is 0 Å². The second-order valence-electron chi connectivity index (χ2n) is 5.59. The molecular formula is C16H21N5S. The average Bonchev–Trinajstić information content (AvgIpc) is 3.07. The van der Waals surface area contributed by atoms with E-state index in [4.69, 9.17) is 0 Å². The van der Waals surface area contributed by atoms with Crippen LogP contribution in [-0.2, 0) is 19.5 Å². The van der Waals surface area contributed by atoms with E-state index < -0.39 is 0 Å². The Labute approximate surface area is 134 Å². The molecule has 0 aliphatic heterocycles. The first-order valence-corrected chi connectivity index (χ1v) is 8.40. The van der Waals surface area contributed by atoms with Gasteiger partial charge in [0, 0.05) is 18.0 Å². The number of hydrogen-bond acceptors (Lipinski definition) is 5. The van der Waals surface area contributed by atoms with Crippen molar-refractivity contribution >= 4 is 17.0 Å². The maximum Gasteiger partial charge on any atom is 0.155 e. The van der Waals surface area contributed by atoms with Gasteiger partial charge >= 0.3 is 0 Å².